The minimum atomic E-state index is 0.511. The van der Waals surface area contributed by atoms with Gasteiger partial charge in [0.2, 0.25) is 0 Å². The molecule has 0 unspecified atom stereocenters. The van der Waals surface area contributed by atoms with E-state index >= 15 is 0 Å². The van der Waals surface area contributed by atoms with Crippen LogP contribution in [0.25, 0.3) is 6.08 Å². The molecule has 4 aliphatic rings. The van der Waals surface area contributed by atoms with E-state index < -0.39 is 0 Å². The Morgan fingerprint density at radius 1 is 0.947 bits per heavy atom. The van der Waals surface area contributed by atoms with Gasteiger partial charge in [0.15, 0.2) is 0 Å². The molecule has 4 bridgehead atoms. The summed E-state index contributed by atoms with van der Waals surface area (Å²) < 4.78 is 0. The average Bonchev–Trinajstić information content (AvgIpc) is 2.36. The monoisotopic (exact) mass is 253 g/mol. The van der Waals surface area contributed by atoms with Crippen molar-refractivity contribution in [2.45, 2.75) is 38.5 Å². The number of anilines is 1. The zero-order chi connectivity index (χ0) is 12.9. The van der Waals surface area contributed by atoms with Crippen LogP contribution in [0.5, 0.6) is 0 Å². The molecule has 0 spiro atoms. The molecule has 0 radical (unpaired) electrons. The first-order valence-corrected chi connectivity index (χ1v) is 7.76. The molecule has 1 aromatic carbocycles. The molecule has 0 heterocycles. The number of nitrogen functional groups attached to an aromatic ring is 1. The molecule has 0 saturated heterocycles. The predicted molar refractivity (Wildman–Crippen MR) is 80.5 cm³/mol. The summed E-state index contributed by atoms with van der Waals surface area (Å²) in [6.45, 7) is 0. The van der Waals surface area contributed by atoms with E-state index in [1.165, 1.54) is 44.1 Å². The molecule has 0 aliphatic heterocycles. The Bertz CT molecular complexity index is 479. The Kier molecular flexibility index (Phi) is 2.51. The van der Waals surface area contributed by atoms with E-state index in [9.17, 15) is 0 Å². The normalized spacial score (nSPS) is 40.1. The highest BCUT2D eigenvalue weighted by Gasteiger charge is 2.49. The molecule has 100 valence electrons. The van der Waals surface area contributed by atoms with E-state index in [2.05, 4.69) is 24.3 Å². The van der Waals surface area contributed by atoms with E-state index in [1.54, 1.807) is 0 Å². The summed E-state index contributed by atoms with van der Waals surface area (Å²) in [5, 5.41) is 0. The number of rotatable bonds is 2. The second-order valence-corrected chi connectivity index (χ2v) is 7.24. The van der Waals surface area contributed by atoms with E-state index in [4.69, 9.17) is 5.73 Å². The van der Waals surface area contributed by atoms with Crippen LogP contribution < -0.4 is 5.73 Å². The third-order valence-corrected chi connectivity index (χ3v) is 5.70. The van der Waals surface area contributed by atoms with Crippen molar-refractivity contribution in [3.63, 3.8) is 0 Å². The number of para-hydroxylation sites is 1. The number of hydrogen-bond acceptors (Lipinski definition) is 1. The van der Waals surface area contributed by atoms with Crippen LogP contribution >= 0.6 is 0 Å². The van der Waals surface area contributed by atoms with E-state index in [0.717, 1.165) is 23.4 Å². The van der Waals surface area contributed by atoms with Gasteiger partial charge in [-0.1, -0.05) is 30.4 Å². The summed E-state index contributed by atoms with van der Waals surface area (Å²) in [6.07, 6.45) is 13.7. The average molecular weight is 253 g/mol. The van der Waals surface area contributed by atoms with Crippen LogP contribution in [0.15, 0.2) is 30.3 Å². The molecule has 19 heavy (non-hydrogen) atoms. The van der Waals surface area contributed by atoms with E-state index in [1.807, 2.05) is 12.1 Å². The maximum absolute atomic E-state index is 6.05. The van der Waals surface area contributed by atoms with Crippen molar-refractivity contribution in [3.8, 4) is 0 Å². The highest BCUT2D eigenvalue weighted by Crippen LogP contribution is 2.60. The lowest BCUT2D eigenvalue weighted by molar-refractivity contribution is -0.0232. The molecule has 4 saturated carbocycles. The smallest absolute Gasteiger partial charge is 0.0387 e. The Morgan fingerprint density at radius 3 is 2.11 bits per heavy atom. The van der Waals surface area contributed by atoms with Gasteiger partial charge >= 0.3 is 0 Å². The molecular formula is C18H23N. The molecule has 1 nitrogen and oxygen atoms in total. The summed E-state index contributed by atoms with van der Waals surface area (Å²) >= 11 is 0. The van der Waals surface area contributed by atoms with Crippen molar-refractivity contribution in [1.29, 1.82) is 0 Å². The first-order valence-electron chi connectivity index (χ1n) is 7.76. The molecule has 1 aromatic rings. The molecular weight excluding hydrogens is 230 g/mol. The summed E-state index contributed by atoms with van der Waals surface area (Å²) in [6, 6.07) is 8.22. The van der Waals surface area contributed by atoms with Crippen LogP contribution in [-0.2, 0) is 0 Å². The van der Waals surface area contributed by atoms with Crippen molar-refractivity contribution in [2.24, 2.45) is 23.2 Å². The predicted octanol–water partition coefficient (Wildman–Crippen LogP) is 4.50. The van der Waals surface area contributed by atoms with Crippen LogP contribution in [0.4, 0.5) is 5.69 Å². The van der Waals surface area contributed by atoms with Gasteiger partial charge in [0, 0.05) is 5.69 Å². The summed E-state index contributed by atoms with van der Waals surface area (Å²) in [5.41, 5.74) is 8.66. The largest absolute Gasteiger partial charge is 0.398 e. The maximum atomic E-state index is 6.05. The van der Waals surface area contributed by atoms with Crippen LogP contribution in [0.1, 0.15) is 44.1 Å². The lowest BCUT2D eigenvalue weighted by Gasteiger charge is -2.55. The van der Waals surface area contributed by atoms with Gasteiger partial charge in [-0.25, -0.2) is 0 Å². The topological polar surface area (TPSA) is 26.0 Å². The van der Waals surface area contributed by atoms with Crippen LogP contribution in [0, 0.1) is 23.2 Å². The summed E-state index contributed by atoms with van der Waals surface area (Å²) in [7, 11) is 0. The second-order valence-electron chi connectivity index (χ2n) is 7.24. The Hall–Kier alpha value is -1.24. The van der Waals surface area contributed by atoms with Gasteiger partial charge in [0.25, 0.3) is 0 Å². The van der Waals surface area contributed by atoms with E-state index in [0.29, 0.717) is 5.41 Å². The van der Waals surface area contributed by atoms with Crippen molar-refractivity contribution >= 4 is 11.8 Å². The van der Waals surface area contributed by atoms with Gasteiger partial charge in [-0.15, -0.1) is 0 Å². The molecule has 4 fully saturated rings. The number of benzene rings is 1. The first kappa shape index (κ1) is 11.6. The van der Waals surface area contributed by atoms with Crippen LogP contribution in [-0.4, -0.2) is 0 Å². The van der Waals surface area contributed by atoms with Gasteiger partial charge < -0.3 is 5.73 Å². The SMILES string of the molecule is Nc1ccccc1/C=C\C12CC3CC(CC(C3)C1)C2. The molecule has 2 N–H and O–H groups in total. The van der Waals surface area contributed by atoms with Crippen molar-refractivity contribution < 1.29 is 0 Å². The number of nitrogens with two attached hydrogens (primary N) is 1. The highest BCUT2D eigenvalue weighted by molar-refractivity contribution is 5.64. The minimum Gasteiger partial charge on any atom is -0.398 e. The quantitative estimate of drug-likeness (QED) is 0.772. The summed E-state index contributed by atoms with van der Waals surface area (Å²) in [5.74, 6) is 3.05. The molecule has 0 atom stereocenters. The van der Waals surface area contributed by atoms with Crippen LogP contribution in [0.2, 0.25) is 0 Å². The standard InChI is InChI=1S/C18H23N/c19-17-4-2-1-3-16(17)5-6-18-10-13-7-14(11-18)9-15(8-13)12-18/h1-6,13-15H,7-12,19H2/b6-5-. The molecule has 5 rings (SSSR count). The van der Waals surface area contributed by atoms with Gasteiger partial charge in [-0.3, -0.25) is 0 Å². The van der Waals surface area contributed by atoms with Gasteiger partial charge in [0.1, 0.15) is 0 Å². The molecule has 0 amide bonds. The fourth-order valence-corrected chi connectivity index (χ4v) is 5.31. The lowest BCUT2D eigenvalue weighted by Crippen LogP contribution is -2.44. The van der Waals surface area contributed by atoms with Gasteiger partial charge in [-0.2, -0.15) is 0 Å². The molecule has 1 heteroatoms. The Labute approximate surface area is 115 Å². The lowest BCUT2D eigenvalue weighted by atomic mass is 9.49. The third-order valence-electron chi connectivity index (χ3n) is 5.70. The van der Waals surface area contributed by atoms with Crippen molar-refractivity contribution in [2.75, 3.05) is 5.73 Å². The second kappa shape index (κ2) is 4.13. The highest BCUT2D eigenvalue weighted by atomic mass is 14.6. The number of allylic oxidation sites excluding steroid dienone is 1. The van der Waals surface area contributed by atoms with Gasteiger partial charge in [-0.05, 0) is 73.3 Å². The number of hydrogen-bond donors (Lipinski definition) is 1. The fourth-order valence-electron chi connectivity index (χ4n) is 5.31. The zero-order valence-electron chi connectivity index (χ0n) is 11.5. The first-order chi connectivity index (χ1) is 9.22. The minimum absolute atomic E-state index is 0.511. The Balaban J connectivity index is 1.61. The molecule has 4 aliphatic carbocycles. The Morgan fingerprint density at radius 2 is 1.53 bits per heavy atom. The fraction of sp³-hybridized carbons (Fsp3) is 0.556. The zero-order valence-corrected chi connectivity index (χ0v) is 11.5. The summed E-state index contributed by atoms with van der Waals surface area (Å²) in [4.78, 5) is 0. The van der Waals surface area contributed by atoms with E-state index in [-0.39, 0.29) is 0 Å². The third kappa shape index (κ3) is 2.00. The van der Waals surface area contributed by atoms with Crippen molar-refractivity contribution in [3.05, 3.63) is 35.9 Å². The van der Waals surface area contributed by atoms with Gasteiger partial charge in [0.05, 0.1) is 0 Å². The van der Waals surface area contributed by atoms with Crippen LogP contribution in [0.3, 0.4) is 0 Å². The van der Waals surface area contributed by atoms with Crippen molar-refractivity contribution in [1.82, 2.24) is 0 Å². The molecule has 0 aromatic heterocycles. The maximum Gasteiger partial charge on any atom is 0.0387 e.